The number of likely N-dealkylation sites (tertiary alicyclic amines) is 1. The Morgan fingerprint density at radius 2 is 1.85 bits per heavy atom. The van der Waals surface area contributed by atoms with Crippen molar-refractivity contribution in [1.82, 2.24) is 10.2 Å². The van der Waals surface area contributed by atoms with E-state index in [1.807, 2.05) is 30.3 Å². The van der Waals surface area contributed by atoms with Gasteiger partial charge in [0.2, 0.25) is 11.8 Å². The molecule has 3 amide bonds. The predicted molar refractivity (Wildman–Crippen MR) is 99.6 cm³/mol. The molecule has 1 aliphatic heterocycles. The van der Waals surface area contributed by atoms with Crippen molar-refractivity contribution in [2.75, 3.05) is 6.54 Å². The van der Waals surface area contributed by atoms with Gasteiger partial charge in [-0.2, -0.15) is 0 Å². The Hall–Kier alpha value is -2.57. The lowest BCUT2D eigenvalue weighted by molar-refractivity contribution is -0.139. The lowest BCUT2D eigenvalue weighted by atomic mass is 9.67. The highest BCUT2D eigenvalue weighted by Crippen LogP contribution is 2.42. The van der Waals surface area contributed by atoms with E-state index in [2.05, 4.69) is 5.32 Å². The maximum Gasteiger partial charge on any atom is 0.407 e. The first-order valence-electron chi connectivity index (χ1n) is 9.59. The summed E-state index contributed by atoms with van der Waals surface area (Å²) in [5, 5.41) is 12.4. The number of piperidine rings is 1. The molecule has 7 heteroatoms. The maximum absolute atomic E-state index is 12.9. The van der Waals surface area contributed by atoms with Gasteiger partial charge in [-0.05, 0) is 30.2 Å². The van der Waals surface area contributed by atoms with Crippen molar-refractivity contribution in [1.29, 1.82) is 0 Å². The summed E-state index contributed by atoms with van der Waals surface area (Å²) in [5.41, 5.74) is 6.51. The number of rotatable bonds is 5. The van der Waals surface area contributed by atoms with Gasteiger partial charge in [0, 0.05) is 13.1 Å². The van der Waals surface area contributed by atoms with Gasteiger partial charge in [0.25, 0.3) is 0 Å². The molecule has 7 nitrogen and oxygen atoms in total. The van der Waals surface area contributed by atoms with Crippen LogP contribution in [-0.2, 0) is 16.1 Å². The van der Waals surface area contributed by atoms with Crippen LogP contribution in [0.4, 0.5) is 4.79 Å². The van der Waals surface area contributed by atoms with Crippen LogP contribution in [0.2, 0.25) is 0 Å². The van der Waals surface area contributed by atoms with Crippen LogP contribution < -0.4 is 11.1 Å². The molecule has 1 aliphatic carbocycles. The van der Waals surface area contributed by atoms with Crippen molar-refractivity contribution in [3.8, 4) is 0 Å². The second-order valence-corrected chi connectivity index (χ2v) is 7.55. The SMILES string of the molecule is NC(=O)C(C(=O)NCc1ccccc1)C1C2CCCCC2CCN1C(=O)O. The summed E-state index contributed by atoms with van der Waals surface area (Å²) in [4.78, 5) is 38.2. The highest BCUT2D eigenvalue weighted by Gasteiger charge is 2.49. The average molecular weight is 373 g/mol. The van der Waals surface area contributed by atoms with Crippen LogP contribution in [0.25, 0.3) is 0 Å². The van der Waals surface area contributed by atoms with Gasteiger partial charge in [-0.25, -0.2) is 4.79 Å². The standard InChI is InChI=1S/C20H27N3O4/c21-18(24)16(19(25)22-12-13-6-2-1-3-7-13)17-15-9-5-4-8-14(15)10-11-23(17)20(26)27/h1-3,6-7,14-17H,4-5,8-12H2,(H2,21,24)(H,22,25)(H,26,27). The van der Waals surface area contributed by atoms with E-state index in [1.54, 1.807) is 0 Å². The molecule has 0 bridgehead atoms. The second kappa shape index (κ2) is 8.41. The Labute approximate surface area is 158 Å². The molecule has 146 valence electrons. The highest BCUT2D eigenvalue weighted by molar-refractivity contribution is 6.00. The molecule has 1 saturated carbocycles. The lowest BCUT2D eigenvalue weighted by Gasteiger charge is -2.48. The minimum Gasteiger partial charge on any atom is -0.465 e. The molecule has 2 aliphatic rings. The molecule has 1 aromatic rings. The van der Waals surface area contributed by atoms with Crippen LogP contribution in [0.15, 0.2) is 30.3 Å². The van der Waals surface area contributed by atoms with Crippen LogP contribution in [0.1, 0.15) is 37.7 Å². The molecule has 1 saturated heterocycles. The first kappa shape index (κ1) is 19.2. The molecule has 1 aromatic carbocycles. The van der Waals surface area contributed by atoms with Crippen molar-refractivity contribution < 1.29 is 19.5 Å². The zero-order valence-electron chi connectivity index (χ0n) is 15.3. The topological polar surface area (TPSA) is 113 Å². The number of carbonyl (C=O) groups excluding carboxylic acids is 2. The molecule has 0 spiro atoms. The van der Waals surface area contributed by atoms with Gasteiger partial charge >= 0.3 is 6.09 Å². The van der Waals surface area contributed by atoms with Gasteiger partial charge in [0.1, 0.15) is 5.92 Å². The fourth-order valence-electron chi connectivity index (χ4n) is 4.73. The van der Waals surface area contributed by atoms with Gasteiger partial charge in [0.15, 0.2) is 0 Å². The van der Waals surface area contributed by atoms with E-state index in [-0.39, 0.29) is 12.5 Å². The van der Waals surface area contributed by atoms with Gasteiger partial charge in [0.05, 0.1) is 6.04 Å². The van der Waals surface area contributed by atoms with Crippen LogP contribution in [0, 0.1) is 17.8 Å². The smallest absolute Gasteiger partial charge is 0.407 e. The Bertz CT molecular complexity index is 694. The number of carbonyl (C=O) groups is 3. The quantitative estimate of drug-likeness (QED) is 0.685. The van der Waals surface area contributed by atoms with Crippen molar-refractivity contribution >= 4 is 17.9 Å². The monoisotopic (exact) mass is 373 g/mol. The summed E-state index contributed by atoms with van der Waals surface area (Å²) in [5.74, 6) is -2.07. The van der Waals surface area contributed by atoms with Gasteiger partial charge in [-0.15, -0.1) is 0 Å². The average Bonchev–Trinajstić information content (AvgIpc) is 2.67. The van der Waals surface area contributed by atoms with Gasteiger partial charge < -0.3 is 21.1 Å². The minimum atomic E-state index is -1.17. The third kappa shape index (κ3) is 4.23. The number of carboxylic acid groups (broad SMARTS) is 1. The van der Waals surface area contributed by atoms with Gasteiger partial charge in [-0.1, -0.05) is 49.6 Å². The number of benzene rings is 1. The highest BCUT2D eigenvalue weighted by atomic mass is 16.4. The van der Waals surface area contributed by atoms with Crippen molar-refractivity contribution in [2.45, 2.75) is 44.7 Å². The Kier molecular flexibility index (Phi) is 5.98. The van der Waals surface area contributed by atoms with Gasteiger partial charge in [-0.3, -0.25) is 9.59 Å². The number of nitrogens with two attached hydrogens (primary N) is 1. The molecule has 0 radical (unpaired) electrons. The molecule has 1 heterocycles. The molecule has 4 unspecified atom stereocenters. The zero-order valence-corrected chi connectivity index (χ0v) is 15.3. The van der Waals surface area contributed by atoms with Crippen molar-refractivity contribution in [3.63, 3.8) is 0 Å². The summed E-state index contributed by atoms with van der Waals surface area (Å²) in [7, 11) is 0. The molecule has 27 heavy (non-hydrogen) atoms. The summed E-state index contributed by atoms with van der Waals surface area (Å²) in [6.45, 7) is 0.619. The van der Waals surface area contributed by atoms with Crippen LogP contribution in [0.5, 0.6) is 0 Å². The van der Waals surface area contributed by atoms with Crippen LogP contribution >= 0.6 is 0 Å². The first-order chi connectivity index (χ1) is 13.0. The zero-order chi connectivity index (χ0) is 19.4. The number of hydrogen-bond acceptors (Lipinski definition) is 3. The second-order valence-electron chi connectivity index (χ2n) is 7.55. The Morgan fingerprint density at radius 1 is 1.15 bits per heavy atom. The number of primary amides is 1. The van der Waals surface area contributed by atoms with E-state index in [4.69, 9.17) is 5.73 Å². The maximum atomic E-state index is 12.9. The molecular formula is C20H27N3O4. The molecular weight excluding hydrogens is 346 g/mol. The molecule has 2 fully saturated rings. The number of hydrogen-bond donors (Lipinski definition) is 3. The predicted octanol–water partition coefficient (Wildman–Crippen LogP) is 1.96. The molecule has 4 atom stereocenters. The van der Waals surface area contributed by atoms with Crippen molar-refractivity contribution in [3.05, 3.63) is 35.9 Å². The van der Waals surface area contributed by atoms with E-state index in [9.17, 15) is 19.5 Å². The normalized spacial score (nSPS) is 25.9. The Morgan fingerprint density at radius 3 is 2.52 bits per heavy atom. The fourth-order valence-corrected chi connectivity index (χ4v) is 4.73. The van der Waals surface area contributed by atoms with E-state index in [0.717, 1.165) is 37.7 Å². The summed E-state index contributed by atoms with van der Waals surface area (Å²) < 4.78 is 0. The van der Waals surface area contributed by atoms with Crippen LogP contribution in [-0.4, -0.2) is 40.5 Å². The van der Waals surface area contributed by atoms with E-state index >= 15 is 0 Å². The third-order valence-electron chi connectivity index (χ3n) is 5.99. The minimum absolute atomic E-state index is 0.00331. The van der Waals surface area contributed by atoms with E-state index in [1.165, 1.54) is 4.90 Å². The molecule has 0 aromatic heterocycles. The third-order valence-corrected chi connectivity index (χ3v) is 5.99. The number of amides is 3. The number of nitrogens with one attached hydrogen (secondary N) is 1. The molecule has 4 N–H and O–H groups in total. The summed E-state index contributed by atoms with van der Waals surface area (Å²) >= 11 is 0. The molecule has 3 rings (SSSR count). The van der Waals surface area contributed by atoms with E-state index in [0.29, 0.717) is 12.5 Å². The number of fused-ring (bicyclic) bond motifs is 1. The van der Waals surface area contributed by atoms with Crippen molar-refractivity contribution in [2.24, 2.45) is 23.5 Å². The van der Waals surface area contributed by atoms with Crippen LogP contribution in [0.3, 0.4) is 0 Å². The lowest BCUT2D eigenvalue weighted by Crippen LogP contribution is -2.60. The number of nitrogens with zero attached hydrogens (tertiary/aromatic N) is 1. The first-order valence-corrected chi connectivity index (χ1v) is 9.59. The summed E-state index contributed by atoms with van der Waals surface area (Å²) in [6.07, 6.45) is 3.64. The summed E-state index contributed by atoms with van der Waals surface area (Å²) in [6, 6.07) is 8.68. The largest absolute Gasteiger partial charge is 0.465 e. The van der Waals surface area contributed by atoms with E-state index < -0.39 is 29.9 Å². The Balaban J connectivity index is 1.82. The fraction of sp³-hybridized carbons (Fsp3) is 0.550.